The van der Waals surface area contributed by atoms with Gasteiger partial charge >= 0.3 is 10.8 Å². The molecule has 136 valence electrons. The molecule has 0 bridgehead atoms. The second kappa shape index (κ2) is 7.65. The number of halogens is 2. The van der Waals surface area contributed by atoms with Crippen LogP contribution in [0.5, 0.6) is 5.75 Å². The van der Waals surface area contributed by atoms with E-state index in [1.165, 1.54) is 10.8 Å². The monoisotopic (exact) mass is 412 g/mol. The highest BCUT2D eigenvalue weighted by atomic mass is 35.5. The topological polar surface area (TPSA) is 81.4 Å². The summed E-state index contributed by atoms with van der Waals surface area (Å²) in [6.07, 6.45) is 1.03. The summed E-state index contributed by atoms with van der Waals surface area (Å²) in [5.74, 6) is -0.540. The van der Waals surface area contributed by atoms with Gasteiger partial charge in [-0.15, -0.1) is 0 Å². The molecule has 1 N–H and O–H groups in total. The van der Waals surface area contributed by atoms with Crippen LogP contribution in [0.15, 0.2) is 35.3 Å². The maximum Gasteiger partial charge on any atom is 0.308 e. The minimum absolute atomic E-state index is 0.0931. The van der Waals surface area contributed by atoms with Crippen molar-refractivity contribution < 1.29 is 14.6 Å². The number of carboxylic acids is 1. The number of carbonyl (C=O) groups is 1. The normalized spacial score (nSPS) is 12.3. The minimum Gasteiger partial charge on any atom is -0.483 e. The molecule has 26 heavy (non-hydrogen) atoms. The Morgan fingerprint density at radius 1 is 1.38 bits per heavy atom. The number of fused-ring (bicyclic) bond motifs is 1. The molecule has 0 saturated heterocycles. The van der Waals surface area contributed by atoms with Crippen molar-refractivity contribution in [2.45, 2.75) is 26.0 Å². The molecule has 3 rings (SSSR count). The Bertz CT molecular complexity index is 1010. The van der Waals surface area contributed by atoms with E-state index in [2.05, 4.69) is 4.98 Å². The van der Waals surface area contributed by atoms with Gasteiger partial charge in [0.05, 0.1) is 32.4 Å². The van der Waals surface area contributed by atoms with Crippen LogP contribution in [-0.2, 0) is 11.3 Å². The molecule has 1 aromatic carbocycles. The van der Waals surface area contributed by atoms with E-state index in [0.29, 0.717) is 31.7 Å². The van der Waals surface area contributed by atoms with E-state index in [9.17, 15) is 9.59 Å². The molecule has 9 heteroatoms. The van der Waals surface area contributed by atoms with E-state index in [0.717, 1.165) is 11.3 Å². The second-order valence-electron chi connectivity index (χ2n) is 5.58. The molecule has 0 amide bonds. The fraction of sp³-hybridized carbons (Fsp3) is 0.235. The Labute approximate surface area is 162 Å². The fourth-order valence-corrected chi connectivity index (χ4v) is 3.69. The number of aryl methyl sites for hydroxylation is 1. The third-order valence-corrected chi connectivity index (χ3v) is 5.20. The van der Waals surface area contributed by atoms with Crippen LogP contribution in [-0.4, -0.2) is 20.6 Å². The summed E-state index contributed by atoms with van der Waals surface area (Å²) in [4.78, 5) is 26.9. The van der Waals surface area contributed by atoms with Crippen molar-refractivity contribution >= 4 is 50.7 Å². The number of thiazole rings is 1. The highest BCUT2D eigenvalue weighted by molar-refractivity contribution is 7.16. The molecule has 1 atom stereocenters. The van der Waals surface area contributed by atoms with Crippen LogP contribution < -0.4 is 9.61 Å². The molecule has 0 radical (unpaired) electrons. The predicted octanol–water partition coefficient (Wildman–Crippen LogP) is 4.38. The van der Waals surface area contributed by atoms with E-state index < -0.39 is 5.97 Å². The van der Waals surface area contributed by atoms with Gasteiger partial charge in [-0.25, -0.2) is 0 Å². The zero-order valence-electron chi connectivity index (χ0n) is 13.6. The third kappa shape index (κ3) is 4.00. The highest BCUT2D eigenvalue weighted by Gasteiger charge is 2.16. The summed E-state index contributed by atoms with van der Waals surface area (Å²) in [6, 6.07) is 6.80. The minimum atomic E-state index is -0.966. The summed E-state index contributed by atoms with van der Waals surface area (Å²) in [5.41, 5.74) is 1.29. The van der Waals surface area contributed by atoms with Crippen molar-refractivity contribution in [2.75, 3.05) is 0 Å². The molecular formula is C17H14Cl2N2O4S. The van der Waals surface area contributed by atoms with Gasteiger partial charge in [-0.2, -0.15) is 0 Å². The molecule has 1 unspecified atom stereocenters. The number of nitrogens with zero attached hydrogens (tertiary/aromatic N) is 2. The number of ether oxygens (including phenoxy) is 1. The molecule has 0 saturated carbocycles. The molecule has 0 aliphatic heterocycles. The number of pyridine rings is 1. The van der Waals surface area contributed by atoms with Crippen LogP contribution in [0.2, 0.25) is 10.0 Å². The standard InChI is InChI=1S/C17H14Cl2N2O4S/c1-9(12-3-2-10(18)8-20-12)25-14-7-15-13(6-11(14)19)21(17(24)26-15)5-4-16(22)23/h2-3,6-9H,4-5H2,1H3,(H,22,23). The van der Waals surface area contributed by atoms with Gasteiger partial charge in [0.15, 0.2) is 0 Å². The van der Waals surface area contributed by atoms with Crippen molar-refractivity contribution in [1.29, 1.82) is 0 Å². The molecule has 0 spiro atoms. The summed E-state index contributed by atoms with van der Waals surface area (Å²) in [7, 11) is 0. The van der Waals surface area contributed by atoms with Gasteiger partial charge in [0.25, 0.3) is 0 Å². The zero-order chi connectivity index (χ0) is 18.8. The zero-order valence-corrected chi connectivity index (χ0v) is 15.9. The summed E-state index contributed by atoms with van der Waals surface area (Å²) in [6.45, 7) is 1.92. The number of aromatic nitrogens is 2. The van der Waals surface area contributed by atoms with Gasteiger partial charge in [-0.1, -0.05) is 34.5 Å². The first-order chi connectivity index (χ1) is 12.3. The van der Waals surface area contributed by atoms with Crippen LogP contribution in [0, 0.1) is 0 Å². The maximum absolute atomic E-state index is 12.1. The van der Waals surface area contributed by atoms with E-state index in [1.54, 1.807) is 24.3 Å². The van der Waals surface area contributed by atoms with Crippen LogP contribution in [0.4, 0.5) is 0 Å². The molecule has 0 aliphatic carbocycles. The average molecular weight is 413 g/mol. The lowest BCUT2D eigenvalue weighted by Crippen LogP contribution is -2.15. The molecule has 2 heterocycles. The number of hydrogen-bond donors (Lipinski definition) is 1. The van der Waals surface area contributed by atoms with Crippen LogP contribution in [0.1, 0.15) is 25.1 Å². The first-order valence-electron chi connectivity index (χ1n) is 7.68. The molecule has 0 fully saturated rings. The van der Waals surface area contributed by atoms with Crippen molar-refractivity contribution in [3.63, 3.8) is 0 Å². The smallest absolute Gasteiger partial charge is 0.308 e. The Kier molecular flexibility index (Phi) is 5.50. The van der Waals surface area contributed by atoms with Crippen molar-refractivity contribution in [3.05, 3.63) is 55.9 Å². The molecule has 3 aromatic rings. The van der Waals surface area contributed by atoms with E-state index in [-0.39, 0.29) is 23.9 Å². The quantitative estimate of drug-likeness (QED) is 0.649. The lowest BCUT2D eigenvalue weighted by molar-refractivity contribution is -0.137. The van der Waals surface area contributed by atoms with Crippen LogP contribution >= 0.6 is 34.5 Å². The lowest BCUT2D eigenvalue weighted by Gasteiger charge is -2.15. The van der Waals surface area contributed by atoms with E-state index in [1.807, 2.05) is 6.92 Å². The van der Waals surface area contributed by atoms with Gasteiger partial charge in [-0.05, 0) is 25.1 Å². The van der Waals surface area contributed by atoms with Gasteiger partial charge in [0.1, 0.15) is 11.9 Å². The number of benzene rings is 1. The number of aliphatic carboxylic acids is 1. The summed E-state index contributed by atoms with van der Waals surface area (Å²) in [5, 5.41) is 9.69. The Morgan fingerprint density at radius 3 is 2.81 bits per heavy atom. The molecular weight excluding hydrogens is 399 g/mol. The summed E-state index contributed by atoms with van der Waals surface area (Å²) >= 11 is 13.2. The highest BCUT2D eigenvalue weighted by Crippen LogP contribution is 2.34. The number of hydrogen-bond acceptors (Lipinski definition) is 5. The van der Waals surface area contributed by atoms with Gasteiger partial charge in [-0.3, -0.25) is 19.1 Å². The molecule has 2 aromatic heterocycles. The van der Waals surface area contributed by atoms with E-state index >= 15 is 0 Å². The third-order valence-electron chi connectivity index (χ3n) is 3.74. The number of carboxylic acid groups (broad SMARTS) is 1. The van der Waals surface area contributed by atoms with Gasteiger partial charge in [0, 0.05) is 18.8 Å². The predicted molar refractivity (Wildman–Crippen MR) is 102 cm³/mol. The summed E-state index contributed by atoms with van der Waals surface area (Å²) < 4.78 is 7.98. The maximum atomic E-state index is 12.1. The first kappa shape index (κ1) is 18.7. The Balaban J connectivity index is 1.90. The van der Waals surface area contributed by atoms with Crippen molar-refractivity contribution in [2.24, 2.45) is 0 Å². The van der Waals surface area contributed by atoms with Crippen LogP contribution in [0.3, 0.4) is 0 Å². The first-order valence-corrected chi connectivity index (χ1v) is 9.25. The number of rotatable bonds is 6. The average Bonchev–Trinajstić information content (AvgIpc) is 2.88. The van der Waals surface area contributed by atoms with Gasteiger partial charge in [0.2, 0.25) is 0 Å². The Hall–Kier alpha value is -2.09. The van der Waals surface area contributed by atoms with E-state index in [4.69, 9.17) is 33.0 Å². The van der Waals surface area contributed by atoms with Gasteiger partial charge < -0.3 is 9.84 Å². The van der Waals surface area contributed by atoms with Crippen LogP contribution in [0.25, 0.3) is 10.2 Å². The Morgan fingerprint density at radius 2 is 2.15 bits per heavy atom. The SMILES string of the molecule is CC(Oc1cc2sc(=O)n(CCC(=O)O)c2cc1Cl)c1ccc(Cl)cn1. The fourth-order valence-electron chi connectivity index (χ4n) is 2.45. The lowest BCUT2D eigenvalue weighted by atomic mass is 10.2. The molecule has 6 nitrogen and oxygen atoms in total. The molecule has 0 aliphatic rings. The second-order valence-corrected chi connectivity index (χ2v) is 7.41. The van der Waals surface area contributed by atoms with Crippen molar-refractivity contribution in [3.8, 4) is 5.75 Å². The van der Waals surface area contributed by atoms with Crippen molar-refractivity contribution in [1.82, 2.24) is 9.55 Å². The largest absolute Gasteiger partial charge is 0.483 e.